The van der Waals surface area contributed by atoms with Gasteiger partial charge < -0.3 is 25.1 Å². The fourth-order valence-corrected chi connectivity index (χ4v) is 5.00. The van der Waals surface area contributed by atoms with Crippen molar-refractivity contribution in [2.45, 2.75) is 31.3 Å². The SMILES string of the molecule is CCC(=O)Oc1ccc(C(C=N)C=NC)nc1-c1ccc(C#CC2(CN3Cc4ccc(OC)cc4C3=O)NC(=O)NC2=O)cc1. The van der Waals surface area contributed by atoms with Gasteiger partial charge in [0.25, 0.3) is 11.8 Å². The van der Waals surface area contributed by atoms with E-state index in [0.29, 0.717) is 33.8 Å². The summed E-state index contributed by atoms with van der Waals surface area (Å²) in [5.41, 5.74) is 1.66. The zero-order valence-corrected chi connectivity index (χ0v) is 24.8. The second kappa shape index (κ2) is 12.8. The Morgan fingerprint density at radius 3 is 2.60 bits per heavy atom. The van der Waals surface area contributed by atoms with E-state index in [1.54, 1.807) is 74.8 Å². The molecule has 1 saturated heterocycles. The molecule has 0 radical (unpaired) electrons. The molecule has 2 unspecified atom stereocenters. The number of ether oxygens (including phenoxy) is 2. The van der Waals surface area contributed by atoms with Gasteiger partial charge in [-0.15, -0.1) is 0 Å². The molecule has 0 spiro atoms. The molecule has 12 nitrogen and oxygen atoms in total. The van der Waals surface area contributed by atoms with Crippen LogP contribution in [0.2, 0.25) is 0 Å². The Balaban J connectivity index is 1.44. The van der Waals surface area contributed by atoms with E-state index in [9.17, 15) is 19.2 Å². The van der Waals surface area contributed by atoms with Gasteiger partial charge in [-0.05, 0) is 42.0 Å². The molecule has 2 aromatic carbocycles. The molecule has 2 aliphatic rings. The summed E-state index contributed by atoms with van der Waals surface area (Å²) in [5, 5.41) is 12.6. The van der Waals surface area contributed by atoms with Gasteiger partial charge in [0, 0.05) is 49.1 Å². The zero-order chi connectivity index (χ0) is 32.1. The zero-order valence-electron chi connectivity index (χ0n) is 24.8. The number of hydrogen-bond donors (Lipinski definition) is 3. The maximum Gasteiger partial charge on any atom is 0.323 e. The van der Waals surface area contributed by atoms with Crippen molar-refractivity contribution >= 4 is 36.2 Å². The molecule has 0 aliphatic carbocycles. The van der Waals surface area contributed by atoms with Crippen LogP contribution in [0, 0.1) is 17.3 Å². The molecule has 0 bridgehead atoms. The van der Waals surface area contributed by atoms with Gasteiger partial charge in [0.1, 0.15) is 11.4 Å². The number of nitrogens with one attached hydrogen (secondary N) is 3. The number of amides is 4. The summed E-state index contributed by atoms with van der Waals surface area (Å²) < 4.78 is 10.8. The third-order valence-electron chi connectivity index (χ3n) is 7.37. The Kier molecular flexibility index (Phi) is 8.71. The van der Waals surface area contributed by atoms with Crippen molar-refractivity contribution in [1.82, 2.24) is 20.5 Å². The molecule has 45 heavy (non-hydrogen) atoms. The van der Waals surface area contributed by atoms with Gasteiger partial charge in [-0.1, -0.05) is 37.0 Å². The lowest BCUT2D eigenvalue weighted by Gasteiger charge is -2.26. The number of rotatable bonds is 9. The normalized spacial score (nSPS) is 17.7. The highest BCUT2D eigenvalue weighted by atomic mass is 16.5. The molecule has 4 amide bonds. The van der Waals surface area contributed by atoms with Crippen molar-refractivity contribution in [2.24, 2.45) is 4.99 Å². The molecule has 2 atom stereocenters. The first-order valence-corrected chi connectivity index (χ1v) is 14.1. The summed E-state index contributed by atoms with van der Waals surface area (Å²) in [6.45, 7) is 1.78. The molecule has 3 aromatic rings. The molecule has 3 heterocycles. The largest absolute Gasteiger partial charge is 0.497 e. The van der Waals surface area contributed by atoms with Crippen molar-refractivity contribution in [1.29, 1.82) is 5.41 Å². The van der Waals surface area contributed by atoms with Crippen molar-refractivity contribution in [3.05, 3.63) is 77.0 Å². The number of fused-ring (bicyclic) bond motifs is 1. The fraction of sp³-hybridized carbons (Fsp3) is 0.242. The van der Waals surface area contributed by atoms with Crippen molar-refractivity contribution in [3.63, 3.8) is 0 Å². The number of nitrogens with zero attached hydrogens (tertiary/aromatic N) is 3. The van der Waals surface area contributed by atoms with Gasteiger partial charge in [-0.2, -0.15) is 0 Å². The topological polar surface area (TPSA) is 163 Å². The molecule has 5 rings (SSSR count). The molecule has 12 heteroatoms. The summed E-state index contributed by atoms with van der Waals surface area (Å²) in [7, 11) is 3.12. The lowest BCUT2D eigenvalue weighted by molar-refractivity contribution is -0.134. The maximum atomic E-state index is 13.2. The second-order valence-corrected chi connectivity index (χ2v) is 10.3. The first-order chi connectivity index (χ1) is 21.7. The molecular weight excluding hydrogens is 576 g/mol. The van der Waals surface area contributed by atoms with Gasteiger partial charge in [0.15, 0.2) is 5.75 Å². The monoisotopic (exact) mass is 606 g/mol. The van der Waals surface area contributed by atoms with Crippen molar-refractivity contribution in [3.8, 4) is 34.6 Å². The van der Waals surface area contributed by atoms with E-state index in [2.05, 4.69) is 32.5 Å². The number of methoxy groups -OCH3 is 1. The molecule has 2 aliphatic heterocycles. The van der Waals surface area contributed by atoms with Crippen molar-refractivity contribution < 1.29 is 28.7 Å². The first kappa shape index (κ1) is 30.6. The van der Waals surface area contributed by atoms with E-state index >= 15 is 0 Å². The maximum absolute atomic E-state index is 13.2. The highest BCUT2D eigenvalue weighted by molar-refractivity contribution is 6.10. The number of esters is 1. The minimum Gasteiger partial charge on any atom is -0.497 e. The van der Waals surface area contributed by atoms with Crippen LogP contribution < -0.4 is 20.1 Å². The van der Waals surface area contributed by atoms with Crippen LogP contribution >= 0.6 is 0 Å². The van der Waals surface area contributed by atoms with Gasteiger partial charge in [0.05, 0.1) is 25.3 Å². The van der Waals surface area contributed by atoms with Crippen LogP contribution in [0.4, 0.5) is 4.79 Å². The van der Waals surface area contributed by atoms with Crippen molar-refractivity contribution in [2.75, 3.05) is 20.7 Å². The minimum atomic E-state index is -1.67. The van der Waals surface area contributed by atoms with E-state index in [1.165, 1.54) is 18.2 Å². The van der Waals surface area contributed by atoms with Gasteiger partial charge >= 0.3 is 12.0 Å². The van der Waals surface area contributed by atoms with Gasteiger partial charge in [-0.3, -0.25) is 24.7 Å². The number of carbonyl (C=O) groups is 4. The summed E-state index contributed by atoms with van der Waals surface area (Å²) in [6, 6.07) is 14.7. The molecule has 228 valence electrons. The molecule has 1 fully saturated rings. The van der Waals surface area contributed by atoms with Crippen LogP contribution in [0.25, 0.3) is 11.3 Å². The van der Waals surface area contributed by atoms with Crippen LogP contribution in [0.15, 0.2) is 59.6 Å². The lowest BCUT2D eigenvalue weighted by Crippen LogP contribution is -2.54. The number of imide groups is 1. The third kappa shape index (κ3) is 6.28. The predicted octanol–water partition coefficient (Wildman–Crippen LogP) is 3.09. The van der Waals surface area contributed by atoms with E-state index in [0.717, 1.165) is 5.56 Å². The van der Waals surface area contributed by atoms with Crippen LogP contribution in [0.1, 0.15) is 46.4 Å². The van der Waals surface area contributed by atoms with Gasteiger partial charge in [-0.25, -0.2) is 9.78 Å². The summed E-state index contributed by atoms with van der Waals surface area (Å²) in [6.07, 6.45) is 2.99. The van der Waals surface area contributed by atoms with E-state index in [4.69, 9.17) is 14.9 Å². The third-order valence-corrected chi connectivity index (χ3v) is 7.37. The highest BCUT2D eigenvalue weighted by Crippen LogP contribution is 2.31. The van der Waals surface area contributed by atoms with E-state index < -0.39 is 29.4 Å². The number of benzene rings is 2. The second-order valence-electron chi connectivity index (χ2n) is 10.3. The Morgan fingerprint density at radius 2 is 1.96 bits per heavy atom. The first-order valence-electron chi connectivity index (χ1n) is 14.1. The smallest absolute Gasteiger partial charge is 0.323 e. The molecule has 0 saturated carbocycles. The van der Waals surface area contributed by atoms with Crippen LogP contribution in [0.3, 0.4) is 0 Å². The molecular formula is C33H30N6O6. The van der Waals surface area contributed by atoms with Crippen LogP contribution in [-0.4, -0.2) is 72.4 Å². The average Bonchev–Trinajstić information content (AvgIpc) is 3.51. The average molecular weight is 607 g/mol. The van der Waals surface area contributed by atoms with Crippen LogP contribution in [-0.2, 0) is 16.1 Å². The number of pyridine rings is 1. The molecule has 1 aromatic heterocycles. The van der Waals surface area contributed by atoms with Crippen LogP contribution in [0.5, 0.6) is 11.5 Å². The Labute approximate surface area is 259 Å². The predicted molar refractivity (Wildman–Crippen MR) is 166 cm³/mol. The fourth-order valence-electron chi connectivity index (χ4n) is 5.00. The number of aliphatic imine (C=N–C) groups is 1. The summed E-state index contributed by atoms with van der Waals surface area (Å²) >= 11 is 0. The Bertz CT molecular complexity index is 1790. The summed E-state index contributed by atoms with van der Waals surface area (Å²) in [5.74, 6) is 4.82. The molecule has 3 N–H and O–H groups in total. The Hall–Kier alpha value is -5.83. The quantitative estimate of drug-likeness (QED) is 0.146. The number of carbonyl (C=O) groups excluding carboxylic acids is 4. The summed E-state index contributed by atoms with van der Waals surface area (Å²) in [4.78, 5) is 60.7. The van der Waals surface area contributed by atoms with Gasteiger partial charge in [0.2, 0.25) is 5.54 Å². The number of hydrogen-bond acceptors (Lipinski definition) is 9. The Morgan fingerprint density at radius 1 is 1.18 bits per heavy atom. The highest BCUT2D eigenvalue weighted by Gasteiger charge is 2.48. The van der Waals surface area contributed by atoms with E-state index in [1.807, 2.05) is 0 Å². The number of aromatic nitrogens is 1. The minimum absolute atomic E-state index is 0.163. The van der Waals surface area contributed by atoms with E-state index in [-0.39, 0.29) is 31.2 Å². The number of urea groups is 1. The lowest BCUT2D eigenvalue weighted by atomic mass is 9.98. The standard InChI is InChI=1S/C33H30N6O6/c1-4-28(40)45-27-12-11-26(23(16-34)17-35-2)36-29(27)21-7-5-20(6-8-21)13-14-33(31(42)37-32(43)38-33)19-39-18-22-9-10-24(44-3)15-25(22)30(39)41/h5-12,15-17,23,34H,4,18-19H2,1-3H3,(H2,37,38,42,43).